The van der Waals surface area contributed by atoms with Crippen LogP contribution in [0.4, 0.5) is 29.3 Å². The number of pyridine rings is 1. The monoisotopic (exact) mass is 546 g/mol. The van der Waals surface area contributed by atoms with Gasteiger partial charge in [0.15, 0.2) is 0 Å². The molecule has 0 unspecified atom stereocenters. The van der Waals surface area contributed by atoms with Gasteiger partial charge in [0.1, 0.15) is 23.0 Å². The molecule has 3 aromatic carbocycles. The Morgan fingerprint density at radius 1 is 0.875 bits per heavy atom. The molecule has 0 radical (unpaired) electrons. The van der Waals surface area contributed by atoms with E-state index in [0.717, 1.165) is 6.07 Å². The summed E-state index contributed by atoms with van der Waals surface area (Å²) in [6, 6.07) is 19.0. The number of anilines is 2. The molecule has 0 bridgehead atoms. The minimum absolute atomic E-state index is 0.0470. The molecule has 0 atom stereocenters. The topological polar surface area (TPSA) is 121 Å². The Labute approximate surface area is 225 Å². The summed E-state index contributed by atoms with van der Waals surface area (Å²) in [6.45, 7) is 0. The second-order valence-electron chi connectivity index (χ2n) is 8.52. The van der Waals surface area contributed by atoms with Crippen molar-refractivity contribution in [3.05, 3.63) is 96.3 Å². The number of para-hydroxylation sites is 2. The van der Waals surface area contributed by atoms with Crippen LogP contribution in [0.2, 0.25) is 0 Å². The first-order valence-corrected chi connectivity index (χ1v) is 11.9. The van der Waals surface area contributed by atoms with E-state index >= 15 is 0 Å². The molecule has 0 aliphatic carbocycles. The van der Waals surface area contributed by atoms with Gasteiger partial charge in [0, 0.05) is 36.2 Å². The number of hydrogen-bond acceptors (Lipinski definition) is 5. The predicted molar refractivity (Wildman–Crippen MR) is 143 cm³/mol. The number of benzene rings is 3. The second-order valence-corrected chi connectivity index (χ2v) is 8.52. The number of alkyl halides is 3. The minimum atomic E-state index is -4.69. The van der Waals surface area contributed by atoms with E-state index in [2.05, 4.69) is 30.9 Å². The first-order chi connectivity index (χ1) is 19.2. The quantitative estimate of drug-likeness (QED) is 0.195. The van der Waals surface area contributed by atoms with Gasteiger partial charge in [-0.1, -0.05) is 12.1 Å². The summed E-state index contributed by atoms with van der Waals surface area (Å²) in [6.07, 6.45) is -3.25. The van der Waals surface area contributed by atoms with Crippen LogP contribution in [-0.4, -0.2) is 33.9 Å². The van der Waals surface area contributed by atoms with E-state index in [1.807, 2.05) is 0 Å². The zero-order valence-corrected chi connectivity index (χ0v) is 20.8. The Balaban J connectivity index is 1.27. The Morgan fingerprint density at radius 2 is 1.60 bits per heavy atom. The van der Waals surface area contributed by atoms with Crippen LogP contribution in [-0.2, 0) is 6.18 Å². The third-order valence-electron chi connectivity index (χ3n) is 5.77. The van der Waals surface area contributed by atoms with Crippen LogP contribution in [0, 0.1) is 0 Å². The lowest BCUT2D eigenvalue weighted by Crippen LogP contribution is -2.20. The van der Waals surface area contributed by atoms with E-state index in [1.165, 1.54) is 31.4 Å². The largest absolute Gasteiger partial charge is 0.457 e. The number of nitrogens with one attached hydrogen (secondary N) is 4. The number of hydrogen-bond donors (Lipinski definition) is 4. The van der Waals surface area contributed by atoms with E-state index in [9.17, 15) is 22.8 Å². The summed E-state index contributed by atoms with van der Waals surface area (Å²) in [5.74, 6) is 0.528. The van der Waals surface area contributed by atoms with Crippen molar-refractivity contribution in [3.8, 4) is 22.9 Å². The summed E-state index contributed by atoms with van der Waals surface area (Å²) >= 11 is 0. The molecule has 4 N–H and O–H groups in total. The molecule has 0 saturated heterocycles. The Morgan fingerprint density at radius 3 is 2.33 bits per heavy atom. The van der Waals surface area contributed by atoms with Gasteiger partial charge in [-0.2, -0.15) is 13.2 Å². The Bertz CT molecular complexity index is 1670. The van der Waals surface area contributed by atoms with Crippen molar-refractivity contribution < 1.29 is 27.5 Å². The van der Waals surface area contributed by atoms with Crippen molar-refractivity contribution in [1.29, 1.82) is 0 Å². The first-order valence-electron chi connectivity index (χ1n) is 11.9. The number of rotatable bonds is 6. The van der Waals surface area contributed by atoms with Gasteiger partial charge in [0.25, 0.3) is 5.91 Å². The Hall–Kier alpha value is -5.39. The van der Waals surface area contributed by atoms with Crippen LogP contribution >= 0.6 is 0 Å². The fourth-order valence-electron chi connectivity index (χ4n) is 3.91. The van der Waals surface area contributed by atoms with Crippen LogP contribution in [0.1, 0.15) is 16.1 Å². The molecule has 202 valence electrons. The van der Waals surface area contributed by atoms with Crippen LogP contribution in [0.25, 0.3) is 22.4 Å². The summed E-state index contributed by atoms with van der Waals surface area (Å²) in [4.78, 5) is 35.4. The smallest absolute Gasteiger partial charge is 0.417 e. The van der Waals surface area contributed by atoms with Crippen molar-refractivity contribution >= 4 is 34.3 Å². The molecule has 12 heteroatoms. The summed E-state index contributed by atoms with van der Waals surface area (Å²) in [5.41, 5.74) is 0.587. The SMILES string of the molecule is CNC(=O)c1cc(Oc2ccc(NC(=O)Nc3ccc(-c4nc5ccccc5[nH]4)c(C(F)(F)F)c3)cc2)ccn1. The first kappa shape index (κ1) is 26.2. The molecular weight excluding hydrogens is 525 g/mol. The van der Waals surface area contributed by atoms with Gasteiger partial charge in [-0.3, -0.25) is 9.78 Å². The van der Waals surface area contributed by atoms with Gasteiger partial charge in [0.05, 0.1) is 16.6 Å². The molecule has 40 heavy (non-hydrogen) atoms. The highest BCUT2D eigenvalue weighted by atomic mass is 19.4. The number of nitrogens with zero attached hydrogens (tertiary/aromatic N) is 2. The molecule has 0 aliphatic heterocycles. The third-order valence-corrected chi connectivity index (χ3v) is 5.77. The van der Waals surface area contributed by atoms with Crippen LogP contribution in [0.5, 0.6) is 11.5 Å². The maximum atomic E-state index is 13.9. The number of imidazole rings is 1. The van der Waals surface area contributed by atoms with Crippen molar-refractivity contribution in [2.24, 2.45) is 0 Å². The average molecular weight is 547 g/mol. The van der Waals surface area contributed by atoms with E-state index < -0.39 is 17.8 Å². The summed E-state index contributed by atoms with van der Waals surface area (Å²) in [5, 5.41) is 7.47. The van der Waals surface area contributed by atoms with Gasteiger partial charge in [-0.05, 0) is 60.7 Å². The molecule has 5 aromatic rings. The Kier molecular flexibility index (Phi) is 7.06. The van der Waals surface area contributed by atoms with Gasteiger partial charge < -0.3 is 25.7 Å². The lowest BCUT2D eigenvalue weighted by Gasteiger charge is -2.14. The highest BCUT2D eigenvalue weighted by Crippen LogP contribution is 2.38. The van der Waals surface area contributed by atoms with E-state index in [-0.39, 0.29) is 28.7 Å². The number of carbonyl (C=O) groups excluding carboxylic acids is 2. The minimum Gasteiger partial charge on any atom is -0.457 e. The number of amides is 3. The lowest BCUT2D eigenvalue weighted by molar-refractivity contribution is -0.137. The maximum Gasteiger partial charge on any atom is 0.417 e. The molecule has 0 saturated carbocycles. The fraction of sp³-hybridized carbons (Fsp3) is 0.0714. The van der Waals surface area contributed by atoms with Gasteiger partial charge >= 0.3 is 12.2 Å². The zero-order valence-electron chi connectivity index (χ0n) is 20.8. The number of fused-ring (bicyclic) bond motifs is 1. The number of carbonyl (C=O) groups is 2. The van der Waals surface area contributed by atoms with Crippen molar-refractivity contribution in [1.82, 2.24) is 20.3 Å². The van der Waals surface area contributed by atoms with Crippen molar-refractivity contribution in [2.45, 2.75) is 6.18 Å². The van der Waals surface area contributed by atoms with Crippen molar-refractivity contribution in [2.75, 3.05) is 17.7 Å². The number of halogens is 3. The second kappa shape index (κ2) is 10.8. The molecule has 9 nitrogen and oxygen atoms in total. The fourth-order valence-corrected chi connectivity index (χ4v) is 3.91. The molecule has 0 aliphatic rings. The molecule has 0 fully saturated rings. The third kappa shape index (κ3) is 5.85. The number of ether oxygens (including phenoxy) is 1. The average Bonchev–Trinajstić information content (AvgIpc) is 3.37. The number of H-pyrrole nitrogens is 1. The van der Waals surface area contributed by atoms with Crippen molar-refractivity contribution in [3.63, 3.8) is 0 Å². The predicted octanol–water partition coefficient (Wildman–Crippen LogP) is 6.44. The van der Waals surface area contributed by atoms with Gasteiger partial charge in [-0.25, -0.2) is 9.78 Å². The number of aromatic amines is 1. The van der Waals surface area contributed by atoms with E-state index in [4.69, 9.17) is 4.74 Å². The number of urea groups is 1. The molecule has 2 heterocycles. The van der Waals surface area contributed by atoms with Gasteiger partial charge in [-0.15, -0.1) is 0 Å². The molecule has 2 aromatic heterocycles. The molecule has 5 rings (SSSR count). The van der Waals surface area contributed by atoms with E-state index in [1.54, 1.807) is 54.6 Å². The van der Waals surface area contributed by atoms with E-state index in [0.29, 0.717) is 28.2 Å². The van der Waals surface area contributed by atoms with Gasteiger partial charge in [0.2, 0.25) is 0 Å². The molecule has 0 spiro atoms. The molecular formula is C28H21F3N6O3. The van der Waals surface area contributed by atoms with Crippen LogP contribution < -0.4 is 20.7 Å². The highest BCUT2D eigenvalue weighted by Gasteiger charge is 2.35. The summed E-state index contributed by atoms with van der Waals surface area (Å²) < 4.78 is 47.5. The molecule has 3 amide bonds. The van der Waals surface area contributed by atoms with Crippen LogP contribution in [0.15, 0.2) is 85.1 Å². The number of aromatic nitrogens is 3. The standard InChI is InChI=1S/C28H21F3N6O3/c1-32-26(38)24-15-19(12-13-33-24)40-18-9-6-16(7-10-18)34-27(39)35-17-8-11-20(21(14-17)28(29,30)31)25-36-22-4-2-3-5-23(22)37-25/h2-15H,1H3,(H,32,38)(H,36,37)(H2,34,35,39). The lowest BCUT2D eigenvalue weighted by atomic mass is 10.1. The zero-order chi connectivity index (χ0) is 28.3. The summed E-state index contributed by atoms with van der Waals surface area (Å²) in [7, 11) is 1.49. The van der Waals surface area contributed by atoms with Crippen LogP contribution in [0.3, 0.4) is 0 Å². The maximum absolute atomic E-state index is 13.9. The normalized spacial score (nSPS) is 11.2. The highest BCUT2D eigenvalue weighted by molar-refractivity contribution is 6.00.